The second-order valence-electron chi connectivity index (χ2n) is 7.69. The molecule has 1 aliphatic heterocycles. The smallest absolute Gasteiger partial charge is 0.325 e. The van der Waals surface area contributed by atoms with Crippen LogP contribution in [0.3, 0.4) is 0 Å². The monoisotopic (exact) mass is 411 g/mol. The molecule has 0 saturated carbocycles. The van der Waals surface area contributed by atoms with Gasteiger partial charge in [0.05, 0.1) is 0 Å². The highest BCUT2D eigenvalue weighted by atomic mass is 35.5. The SMILES string of the molecule is C[C@@]1(c2ccc3c(c2)CCC3)NC(=O)N(CC(=O)NCc2ccc(Cl)cc2)C1=O. The van der Waals surface area contributed by atoms with E-state index in [1.165, 1.54) is 11.1 Å². The van der Waals surface area contributed by atoms with E-state index in [1.54, 1.807) is 31.2 Å². The molecule has 150 valence electrons. The van der Waals surface area contributed by atoms with Crippen molar-refractivity contribution in [3.63, 3.8) is 0 Å². The van der Waals surface area contributed by atoms with Crippen LogP contribution in [0.5, 0.6) is 0 Å². The summed E-state index contributed by atoms with van der Waals surface area (Å²) in [6.45, 7) is 1.66. The van der Waals surface area contributed by atoms with Gasteiger partial charge in [-0.25, -0.2) is 4.79 Å². The Bertz CT molecular complexity index is 989. The molecular weight excluding hydrogens is 390 g/mol. The molecule has 6 nitrogen and oxygen atoms in total. The number of hydrogen-bond acceptors (Lipinski definition) is 3. The Labute approximate surface area is 174 Å². The van der Waals surface area contributed by atoms with Crippen LogP contribution in [0.15, 0.2) is 42.5 Å². The fourth-order valence-corrected chi connectivity index (χ4v) is 4.05. The Balaban J connectivity index is 1.43. The van der Waals surface area contributed by atoms with Crippen LogP contribution in [0.2, 0.25) is 5.02 Å². The molecule has 0 bridgehead atoms. The lowest BCUT2D eigenvalue weighted by Gasteiger charge is -2.23. The molecule has 0 unspecified atom stereocenters. The largest absolute Gasteiger partial charge is 0.350 e. The number of benzene rings is 2. The van der Waals surface area contributed by atoms with Crippen molar-refractivity contribution in [1.29, 1.82) is 0 Å². The van der Waals surface area contributed by atoms with E-state index >= 15 is 0 Å². The van der Waals surface area contributed by atoms with Crippen LogP contribution in [0.25, 0.3) is 0 Å². The Kier molecular flexibility index (Phi) is 5.04. The van der Waals surface area contributed by atoms with Crippen LogP contribution in [0.1, 0.15) is 35.6 Å². The highest BCUT2D eigenvalue weighted by Crippen LogP contribution is 2.32. The van der Waals surface area contributed by atoms with Crippen molar-refractivity contribution in [3.05, 3.63) is 69.7 Å². The Hall–Kier alpha value is -2.86. The van der Waals surface area contributed by atoms with E-state index < -0.39 is 23.4 Å². The number of aryl methyl sites for hydroxylation is 2. The van der Waals surface area contributed by atoms with Gasteiger partial charge in [-0.3, -0.25) is 14.5 Å². The molecule has 2 aromatic rings. The zero-order valence-electron chi connectivity index (χ0n) is 16.1. The predicted molar refractivity (Wildman–Crippen MR) is 109 cm³/mol. The predicted octanol–water partition coefficient (Wildman–Crippen LogP) is 2.91. The summed E-state index contributed by atoms with van der Waals surface area (Å²) in [5.41, 5.74) is 2.99. The van der Waals surface area contributed by atoms with Crippen molar-refractivity contribution < 1.29 is 14.4 Å². The van der Waals surface area contributed by atoms with Gasteiger partial charge in [-0.1, -0.05) is 41.9 Å². The molecule has 4 amide bonds. The van der Waals surface area contributed by atoms with Gasteiger partial charge in [0.15, 0.2) is 0 Å². The Morgan fingerprint density at radius 2 is 1.86 bits per heavy atom. The average Bonchev–Trinajstić information content (AvgIpc) is 3.26. The Morgan fingerprint density at radius 1 is 1.14 bits per heavy atom. The number of carbonyl (C=O) groups excluding carboxylic acids is 3. The van der Waals surface area contributed by atoms with E-state index in [-0.39, 0.29) is 6.54 Å². The number of hydrogen-bond donors (Lipinski definition) is 2. The summed E-state index contributed by atoms with van der Waals surface area (Å²) in [6.07, 6.45) is 3.14. The summed E-state index contributed by atoms with van der Waals surface area (Å²) >= 11 is 5.85. The molecule has 7 heteroatoms. The van der Waals surface area contributed by atoms with Gasteiger partial charge in [0.1, 0.15) is 12.1 Å². The first-order valence-electron chi connectivity index (χ1n) is 9.64. The third kappa shape index (κ3) is 3.72. The number of imide groups is 1. The number of amides is 4. The second-order valence-corrected chi connectivity index (χ2v) is 8.12. The Morgan fingerprint density at radius 3 is 2.62 bits per heavy atom. The average molecular weight is 412 g/mol. The highest BCUT2D eigenvalue weighted by molar-refractivity contribution is 6.30. The maximum atomic E-state index is 13.0. The number of rotatable bonds is 5. The van der Waals surface area contributed by atoms with Crippen LogP contribution in [-0.4, -0.2) is 29.3 Å². The molecule has 2 aliphatic rings. The summed E-state index contributed by atoms with van der Waals surface area (Å²) in [5, 5.41) is 6.11. The fourth-order valence-electron chi connectivity index (χ4n) is 3.92. The van der Waals surface area contributed by atoms with Gasteiger partial charge in [-0.15, -0.1) is 0 Å². The van der Waals surface area contributed by atoms with Crippen LogP contribution in [0, 0.1) is 0 Å². The van der Waals surface area contributed by atoms with Gasteiger partial charge in [0.2, 0.25) is 5.91 Å². The molecule has 1 fully saturated rings. The summed E-state index contributed by atoms with van der Waals surface area (Å²) < 4.78 is 0. The van der Waals surface area contributed by atoms with Gasteiger partial charge < -0.3 is 10.6 Å². The van der Waals surface area contributed by atoms with Crippen molar-refractivity contribution >= 4 is 29.4 Å². The van der Waals surface area contributed by atoms with Crippen LogP contribution in [0.4, 0.5) is 4.79 Å². The van der Waals surface area contributed by atoms with Gasteiger partial charge in [-0.05, 0) is 60.6 Å². The summed E-state index contributed by atoms with van der Waals surface area (Å²) in [5.74, 6) is -0.816. The molecule has 4 rings (SSSR count). The van der Waals surface area contributed by atoms with Gasteiger partial charge in [0.25, 0.3) is 5.91 Å². The minimum Gasteiger partial charge on any atom is -0.350 e. The normalized spacial score (nSPS) is 20.6. The zero-order chi connectivity index (χ0) is 20.6. The van der Waals surface area contributed by atoms with Gasteiger partial charge in [-0.2, -0.15) is 0 Å². The number of carbonyl (C=O) groups is 3. The molecule has 0 spiro atoms. The number of halogens is 1. The molecule has 1 atom stereocenters. The molecule has 1 saturated heterocycles. The van der Waals surface area contributed by atoms with E-state index in [2.05, 4.69) is 10.6 Å². The first kappa shape index (κ1) is 19.5. The molecule has 0 radical (unpaired) electrons. The lowest BCUT2D eigenvalue weighted by molar-refractivity contribution is -0.134. The quantitative estimate of drug-likeness (QED) is 0.742. The summed E-state index contributed by atoms with van der Waals surface area (Å²) in [7, 11) is 0. The van der Waals surface area contributed by atoms with E-state index in [1.807, 2.05) is 18.2 Å². The van der Waals surface area contributed by atoms with Crippen LogP contribution in [-0.2, 0) is 34.5 Å². The standard InChI is InChI=1S/C22H22ClN3O3/c1-22(17-8-7-15-3-2-4-16(15)11-17)20(28)26(21(29)25-22)13-19(27)24-12-14-5-9-18(23)10-6-14/h5-11H,2-4,12-13H2,1H3,(H,24,27)(H,25,29)/t22-/m0/s1. The second kappa shape index (κ2) is 7.52. The number of fused-ring (bicyclic) bond motifs is 1. The van der Waals surface area contributed by atoms with Gasteiger partial charge in [0, 0.05) is 11.6 Å². The topological polar surface area (TPSA) is 78.5 Å². The lowest BCUT2D eigenvalue weighted by atomic mass is 9.89. The van der Waals surface area contributed by atoms with E-state index in [4.69, 9.17) is 11.6 Å². The van der Waals surface area contributed by atoms with Crippen molar-refractivity contribution in [2.45, 2.75) is 38.3 Å². The molecule has 0 aromatic heterocycles. The van der Waals surface area contributed by atoms with Crippen molar-refractivity contribution in [2.75, 3.05) is 6.54 Å². The fraction of sp³-hybridized carbons (Fsp3) is 0.318. The molecule has 2 N–H and O–H groups in total. The van der Waals surface area contributed by atoms with Crippen molar-refractivity contribution in [1.82, 2.24) is 15.5 Å². The molecule has 2 aromatic carbocycles. The molecule has 1 heterocycles. The molecule has 1 aliphatic carbocycles. The number of nitrogens with zero attached hydrogens (tertiary/aromatic N) is 1. The van der Waals surface area contributed by atoms with Gasteiger partial charge >= 0.3 is 6.03 Å². The lowest BCUT2D eigenvalue weighted by Crippen LogP contribution is -2.43. The first-order chi connectivity index (χ1) is 13.9. The molecule has 29 heavy (non-hydrogen) atoms. The molecular formula is C22H22ClN3O3. The zero-order valence-corrected chi connectivity index (χ0v) is 16.9. The van der Waals surface area contributed by atoms with E-state index in [0.717, 1.165) is 35.3 Å². The summed E-state index contributed by atoms with van der Waals surface area (Å²) in [6, 6.07) is 12.5. The first-order valence-corrected chi connectivity index (χ1v) is 10.0. The van der Waals surface area contributed by atoms with Crippen LogP contribution >= 0.6 is 11.6 Å². The minimum atomic E-state index is -1.16. The minimum absolute atomic E-state index is 0.293. The van der Waals surface area contributed by atoms with E-state index in [9.17, 15) is 14.4 Å². The van der Waals surface area contributed by atoms with Crippen molar-refractivity contribution in [3.8, 4) is 0 Å². The summed E-state index contributed by atoms with van der Waals surface area (Å²) in [4.78, 5) is 38.8. The maximum Gasteiger partial charge on any atom is 0.325 e. The number of nitrogens with one attached hydrogen (secondary N) is 2. The van der Waals surface area contributed by atoms with E-state index in [0.29, 0.717) is 11.6 Å². The number of urea groups is 1. The maximum absolute atomic E-state index is 13.0. The van der Waals surface area contributed by atoms with Crippen LogP contribution < -0.4 is 10.6 Å². The highest BCUT2D eigenvalue weighted by Gasteiger charge is 2.49. The van der Waals surface area contributed by atoms with Crippen molar-refractivity contribution in [2.24, 2.45) is 0 Å². The third-order valence-corrected chi connectivity index (χ3v) is 5.91. The third-order valence-electron chi connectivity index (χ3n) is 5.66.